The lowest BCUT2D eigenvalue weighted by Gasteiger charge is -2.31. The molecule has 1 aliphatic rings. The van der Waals surface area contributed by atoms with Crippen molar-refractivity contribution in [3.63, 3.8) is 0 Å². The lowest BCUT2D eigenvalue weighted by Crippen LogP contribution is -2.45. The van der Waals surface area contributed by atoms with Crippen LogP contribution in [0.4, 0.5) is 10.1 Å². The average Bonchev–Trinajstić information content (AvgIpc) is 2.87. The van der Waals surface area contributed by atoms with Gasteiger partial charge in [0.2, 0.25) is 5.91 Å². The molecule has 1 amide bonds. The van der Waals surface area contributed by atoms with Crippen LogP contribution in [0, 0.1) is 11.2 Å². The van der Waals surface area contributed by atoms with Crippen molar-refractivity contribution in [3.05, 3.63) is 30.1 Å². The molecule has 0 aromatic heterocycles. The fraction of sp³-hybridized carbons (Fsp3) is 0.500. The van der Waals surface area contributed by atoms with E-state index in [4.69, 9.17) is 5.73 Å². The van der Waals surface area contributed by atoms with Gasteiger partial charge in [-0.15, -0.1) is 0 Å². The molecule has 0 saturated heterocycles. The van der Waals surface area contributed by atoms with Gasteiger partial charge in [-0.3, -0.25) is 4.79 Å². The zero-order valence-corrected chi connectivity index (χ0v) is 10.7. The number of carbonyl (C=O) groups excluding carboxylic acids is 1. The normalized spacial score (nSPS) is 17.7. The summed E-state index contributed by atoms with van der Waals surface area (Å²) in [5.74, 6) is -0.439. The van der Waals surface area contributed by atoms with Crippen molar-refractivity contribution in [2.45, 2.75) is 25.7 Å². The molecule has 0 spiro atoms. The van der Waals surface area contributed by atoms with Gasteiger partial charge in [0, 0.05) is 13.6 Å². The number of hydrogen-bond donors (Lipinski definition) is 1. The summed E-state index contributed by atoms with van der Waals surface area (Å²) in [6, 6.07) is 6.33. The first-order valence-corrected chi connectivity index (χ1v) is 6.33. The van der Waals surface area contributed by atoms with Crippen LogP contribution in [0.25, 0.3) is 0 Å². The number of para-hydroxylation sites is 1. The monoisotopic (exact) mass is 250 g/mol. The quantitative estimate of drug-likeness (QED) is 0.894. The van der Waals surface area contributed by atoms with E-state index in [0.29, 0.717) is 12.2 Å². The van der Waals surface area contributed by atoms with E-state index >= 15 is 0 Å². The summed E-state index contributed by atoms with van der Waals surface area (Å²) >= 11 is 0. The van der Waals surface area contributed by atoms with Crippen molar-refractivity contribution in [1.29, 1.82) is 0 Å². The van der Waals surface area contributed by atoms with Crippen molar-refractivity contribution in [2.75, 3.05) is 18.5 Å². The van der Waals surface area contributed by atoms with Crippen LogP contribution in [0.2, 0.25) is 0 Å². The van der Waals surface area contributed by atoms with Crippen LogP contribution in [0.1, 0.15) is 25.7 Å². The second kappa shape index (κ2) is 5.06. The first kappa shape index (κ1) is 13.0. The van der Waals surface area contributed by atoms with Gasteiger partial charge in [0.05, 0.1) is 11.1 Å². The summed E-state index contributed by atoms with van der Waals surface area (Å²) in [5, 5.41) is 0. The van der Waals surface area contributed by atoms with Gasteiger partial charge in [0.1, 0.15) is 5.82 Å². The van der Waals surface area contributed by atoms with Crippen LogP contribution < -0.4 is 10.6 Å². The van der Waals surface area contributed by atoms with Gasteiger partial charge in [-0.25, -0.2) is 4.39 Å². The minimum atomic E-state index is -0.489. The van der Waals surface area contributed by atoms with Gasteiger partial charge in [-0.1, -0.05) is 25.0 Å². The van der Waals surface area contributed by atoms with Gasteiger partial charge in [-0.2, -0.15) is 0 Å². The Morgan fingerprint density at radius 2 is 2.00 bits per heavy atom. The maximum Gasteiger partial charge on any atom is 0.234 e. The Balaban J connectivity index is 2.26. The Kier molecular flexibility index (Phi) is 3.66. The number of amides is 1. The molecule has 0 bridgehead atoms. The van der Waals surface area contributed by atoms with Gasteiger partial charge < -0.3 is 10.6 Å². The van der Waals surface area contributed by atoms with Crippen LogP contribution in [-0.2, 0) is 4.79 Å². The number of halogens is 1. The van der Waals surface area contributed by atoms with Crippen LogP contribution in [0.15, 0.2) is 24.3 Å². The fourth-order valence-corrected chi connectivity index (χ4v) is 2.75. The van der Waals surface area contributed by atoms with E-state index in [0.717, 1.165) is 25.7 Å². The first-order chi connectivity index (χ1) is 8.60. The highest BCUT2D eigenvalue weighted by molar-refractivity contribution is 5.97. The summed E-state index contributed by atoms with van der Waals surface area (Å²) in [6.07, 6.45) is 3.66. The molecule has 0 radical (unpaired) electrons. The Morgan fingerprint density at radius 1 is 1.39 bits per heavy atom. The third-order valence-electron chi connectivity index (χ3n) is 3.92. The number of nitrogens with two attached hydrogens (primary N) is 1. The highest BCUT2D eigenvalue weighted by atomic mass is 19.1. The lowest BCUT2D eigenvalue weighted by molar-refractivity contribution is -0.127. The average molecular weight is 250 g/mol. The van der Waals surface area contributed by atoms with Gasteiger partial charge >= 0.3 is 0 Å². The molecule has 1 aromatic carbocycles. The molecular weight excluding hydrogens is 231 g/mol. The third kappa shape index (κ3) is 2.12. The molecule has 2 rings (SSSR count). The lowest BCUT2D eigenvalue weighted by atomic mass is 9.84. The summed E-state index contributed by atoms with van der Waals surface area (Å²) in [7, 11) is 1.62. The minimum absolute atomic E-state index is 0.0624. The van der Waals surface area contributed by atoms with Crippen LogP contribution in [-0.4, -0.2) is 19.5 Å². The first-order valence-electron chi connectivity index (χ1n) is 6.33. The van der Waals surface area contributed by atoms with Crippen LogP contribution in [0.3, 0.4) is 0 Å². The molecule has 2 N–H and O–H groups in total. The van der Waals surface area contributed by atoms with E-state index in [2.05, 4.69) is 0 Å². The molecular formula is C14H19FN2O. The van der Waals surface area contributed by atoms with Gasteiger partial charge in [0.25, 0.3) is 0 Å². The second-order valence-corrected chi connectivity index (χ2v) is 5.01. The molecule has 4 heteroatoms. The maximum atomic E-state index is 13.7. The molecule has 0 aliphatic heterocycles. The predicted octanol–water partition coefficient (Wildman–Crippen LogP) is 2.31. The molecule has 1 aromatic rings. The van der Waals surface area contributed by atoms with E-state index in [-0.39, 0.29) is 11.7 Å². The maximum absolute atomic E-state index is 13.7. The second-order valence-electron chi connectivity index (χ2n) is 5.01. The van der Waals surface area contributed by atoms with E-state index < -0.39 is 5.41 Å². The third-order valence-corrected chi connectivity index (χ3v) is 3.92. The minimum Gasteiger partial charge on any atom is -0.329 e. The Hall–Kier alpha value is -1.42. The van der Waals surface area contributed by atoms with Crippen molar-refractivity contribution >= 4 is 11.6 Å². The zero-order valence-electron chi connectivity index (χ0n) is 10.7. The predicted molar refractivity (Wildman–Crippen MR) is 69.8 cm³/mol. The van der Waals surface area contributed by atoms with E-state index in [9.17, 15) is 9.18 Å². The molecule has 3 nitrogen and oxygen atoms in total. The number of benzene rings is 1. The number of anilines is 1. The molecule has 1 fully saturated rings. The molecule has 1 aliphatic carbocycles. The molecule has 98 valence electrons. The SMILES string of the molecule is CN(C(=O)C1(CN)CCCC1)c1ccccc1F. The summed E-state index contributed by atoms with van der Waals surface area (Å²) in [6.45, 7) is 0.338. The molecule has 18 heavy (non-hydrogen) atoms. The summed E-state index contributed by atoms with van der Waals surface area (Å²) in [5.41, 5.74) is 5.61. The largest absolute Gasteiger partial charge is 0.329 e. The highest BCUT2D eigenvalue weighted by Gasteiger charge is 2.42. The summed E-state index contributed by atoms with van der Waals surface area (Å²) in [4.78, 5) is 13.9. The number of carbonyl (C=O) groups is 1. The zero-order chi connectivity index (χ0) is 13.2. The van der Waals surface area contributed by atoms with Crippen molar-refractivity contribution in [3.8, 4) is 0 Å². The Labute approximate surface area is 107 Å². The van der Waals surface area contributed by atoms with Crippen molar-refractivity contribution in [1.82, 2.24) is 0 Å². The fourth-order valence-electron chi connectivity index (χ4n) is 2.75. The smallest absolute Gasteiger partial charge is 0.234 e. The van der Waals surface area contributed by atoms with Gasteiger partial charge in [-0.05, 0) is 25.0 Å². The number of hydrogen-bond acceptors (Lipinski definition) is 2. The van der Waals surface area contributed by atoms with E-state index in [1.807, 2.05) is 0 Å². The summed E-state index contributed by atoms with van der Waals surface area (Å²) < 4.78 is 13.7. The topological polar surface area (TPSA) is 46.3 Å². The van der Waals surface area contributed by atoms with Gasteiger partial charge in [0.15, 0.2) is 0 Å². The van der Waals surface area contributed by atoms with Crippen LogP contribution >= 0.6 is 0 Å². The van der Waals surface area contributed by atoms with Crippen LogP contribution in [0.5, 0.6) is 0 Å². The molecule has 0 unspecified atom stereocenters. The molecule has 0 atom stereocenters. The molecule has 1 saturated carbocycles. The standard InChI is InChI=1S/C14H19FN2O/c1-17(12-7-3-2-6-11(12)15)13(18)14(10-16)8-4-5-9-14/h2-3,6-7H,4-5,8-10,16H2,1H3. The van der Waals surface area contributed by atoms with E-state index in [1.54, 1.807) is 25.2 Å². The van der Waals surface area contributed by atoms with E-state index in [1.165, 1.54) is 11.0 Å². The Bertz CT molecular complexity index is 441. The Morgan fingerprint density at radius 3 is 2.56 bits per heavy atom. The highest BCUT2D eigenvalue weighted by Crippen LogP contribution is 2.39. The number of rotatable bonds is 3. The molecule has 0 heterocycles. The van der Waals surface area contributed by atoms with Crippen molar-refractivity contribution in [2.24, 2.45) is 11.1 Å². The van der Waals surface area contributed by atoms with Crippen molar-refractivity contribution < 1.29 is 9.18 Å². The number of nitrogens with zero attached hydrogens (tertiary/aromatic N) is 1.